The first-order chi connectivity index (χ1) is 12.6. The van der Waals surface area contributed by atoms with Crippen molar-refractivity contribution >= 4 is 18.0 Å². The third kappa shape index (κ3) is 4.55. The predicted molar refractivity (Wildman–Crippen MR) is 94.6 cm³/mol. The van der Waals surface area contributed by atoms with Crippen molar-refractivity contribution in [1.29, 1.82) is 0 Å². The van der Waals surface area contributed by atoms with Crippen LogP contribution in [0.1, 0.15) is 15.9 Å². The summed E-state index contributed by atoms with van der Waals surface area (Å²) in [4.78, 5) is 25.8. The molecule has 0 aromatic heterocycles. The highest BCUT2D eigenvalue weighted by Crippen LogP contribution is 2.15. The zero-order valence-electron chi connectivity index (χ0n) is 14.1. The molecular weight excluding hydrogens is 337 g/mol. The highest BCUT2D eigenvalue weighted by Gasteiger charge is 2.18. The largest absolute Gasteiger partial charge is 0.415 e. The van der Waals surface area contributed by atoms with Gasteiger partial charge < -0.3 is 14.4 Å². The first kappa shape index (κ1) is 17.8. The minimum absolute atomic E-state index is 0.265. The molecule has 3 rings (SSSR count). The molecule has 0 spiro atoms. The van der Waals surface area contributed by atoms with E-state index in [1.165, 1.54) is 18.2 Å². The summed E-state index contributed by atoms with van der Waals surface area (Å²) in [6.07, 6.45) is 2.31. The second-order valence-electron chi connectivity index (χ2n) is 5.71. The Bertz CT molecular complexity index is 811. The zero-order valence-corrected chi connectivity index (χ0v) is 14.1. The summed E-state index contributed by atoms with van der Waals surface area (Å²) in [6, 6.07) is 12.5. The van der Waals surface area contributed by atoms with Crippen LogP contribution in [0.5, 0.6) is 5.75 Å². The number of ketones is 1. The lowest BCUT2D eigenvalue weighted by Crippen LogP contribution is -2.42. The molecule has 0 unspecified atom stereocenters. The number of carbonyl (C=O) groups is 2. The Morgan fingerprint density at radius 3 is 2.42 bits per heavy atom. The molecule has 0 radical (unpaired) electrons. The lowest BCUT2D eigenvalue weighted by molar-refractivity contribution is 0.0416. The summed E-state index contributed by atoms with van der Waals surface area (Å²) in [6.45, 7) is 1.99. The van der Waals surface area contributed by atoms with E-state index in [1.807, 2.05) is 0 Å². The van der Waals surface area contributed by atoms with Gasteiger partial charge in [-0.25, -0.2) is 9.18 Å². The van der Waals surface area contributed by atoms with Crippen molar-refractivity contribution in [2.45, 2.75) is 0 Å². The molecule has 1 heterocycles. The quantitative estimate of drug-likeness (QED) is 0.622. The monoisotopic (exact) mass is 355 g/mol. The number of ether oxygens (including phenoxy) is 2. The lowest BCUT2D eigenvalue weighted by Gasteiger charge is -2.25. The number of morpholine rings is 1. The summed E-state index contributed by atoms with van der Waals surface area (Å²) >= 11 is 0. The fourth-order valence-electron chi connectivity index (χ4n) is 2.47. The number of allylic oxidation sites excluding steroid dienone is 1. The van der Waals surface area contributed by atoms with Gasteiger partial charge in [-0.15, -0.1) is 0 Å². The molecular formula is C20H18FNO4. The number of benzene rings is 2. The van der Waals surface area contributed by atoms with E-state index in [4.69, 9.17) is 9.47 Å². The number of nitrogens with zero attached hydrogens (tertiary/aromatic N) is 1. The highest BCUT2D eigenvalue weighted by molar-refractivity contribution is 6.06. The predicted octanol–water partition coefficient (Wildman–Crippen LogP) is 3.55. The highest BCUT2D eigenvalue weighted by atomic mass is 19.1. The van der Waals surface area contributed by atoms with Crippen molar-refractivity contribution in [3.63, 3.8) is 0 Å². The maximum absolute atomic E-state index is 13.5. The minimum atomic E-state index is -0.438. The average Bonchev–Trinajstić information content (AvgIpc) is 2.68. The Hall–Kier alpha value is -2.99. The number of carbonyl (C=O) groups excluding carboxylic acids is 2. The molecule has 26 heavy (non-hydrogen) atoms. The number of rotatable bonds is 4. The summed E-state index contributed by atoms with van der Waals surface area (Å²) in [5, 5.41) is 0. The second-order valence-corrected chi connectivity index (χ2v) is 5.71. The first-order valence-electron chi connectivity index (χ1n) is 8.25. The summed E-state index contributed by atoms with van der Waals surface area (Å²) in [5.74, 6) is -0.294. The van der Waals surface area contributed by atoms with Crippen LogP contribution in [0.3, 0.4) is 0 Å². The van der Waals surface area contributed by atoms with Crippen LogP contribution >= 0.6 is 0 Å². The van der Waals surface area contributed by atoms with E-state index in [1.54, 1.807) is 47.4 Å². The van der Waals surface area contributed by atoms with Gasteiger partial charge in [0.25, 0.3) is 0 Å². The summed E-state index contributed by atoms with van der Waals surface area (Å²) in [7, 11) is 0. The molecule has 0 bridgehead atoms. The molecule has 2 aromatic carbocycles. The molecule has 2 aromatic rings. The van der Waals surface area contributed by atoms with Gasteiger partial charge in [0.05, 0.1) is 13.2 Å². The second kappa shape index (κ2) is 8.40. The third-order valence-electron chi connectivity index (χ3n) is 3.93. The molecule has 0 atom stereocenters. The molecule has 1 saturated heterocycles. The normalized spacial score (nSPS) is 14.4. The van der Waals surface area contributed by atoms with Gasteiger partial charge in [0, 0.05) is 24.2 Å². The lowest BCUT2D eigenvalue weighted by atomic mass is 10.1. The van der Waals surface area contributed by atoms with Gasteiger partial charge in [0.2, 0.25) is 0 Å². The van der Waals surface area contributed by atoms with Crippen LogP contribution in [0.25, 0.3) is 6.08 Å². The molecule has 0 saturated carbocycles. The van der Waals surface area contributed by atoms with E-state index in [-0.39, 0.29) is 11.6 Å². The average molecular weight is 355 g/mol. The van der Waals surface area contributed by atoms with Gasteiger partial charge in [0.15, 0.2) is 5.78 Å². The third-order valence-corrected chi connectivity index (χ3v) is 3.93. The molecule has 1 aliphatic rings. The zero-order chi connectivity index (χ0) is 18.4. The SMILES string of the molecule is O=C(/C=C/c1ccccc1F)c1ccc(OC(=O)N2CCOCC2)cc1. The van der Waals surface area contributed by atoms with Crippen molar-refractivity contribution < 1.29 is 23.5 Å². The molecule has 134 valence electrons. The van der Waals surface area contributed by atoms with Crippen LogP contribution in [0.4, 0.5) is 9.18 Å². The fraction of sp³-hybridized carbons (Fsp3) is 0.200. The van der Waals surface area contributed by atoms with Crippen molar-refractivity contribution in [2.75, 3.05) is 26.3 Å². The van der Waals surface area contributed by atoms with Gasteiger partial charge in [-0.3, -0.25) is 4.79 Å². The van der Waals surface area contributed by atoms with E-state index in [2.05, 4.69) is 0 Å². The number of halogens is 1. The Labute approximate surface area is 150 Å². The van der Waals surface area contributed by atoms with Gasteiger partial charge in [-0.2, -0.15) is 0 Å². The number of hydrogen-bond acceptors (Lipinski definition) is 4. The summed E-state index contributed by atoms with van der Waals surface area (Å²) < 4.78 is 24.0. The topological polar surface area (TPSA) is 55.8 Å². The number of hydrogen-bond donors (Lipinski definition) is 0. The maximum atomic E-state index is 13.5. The van der Waals surface area contributed by atoms with E-state index < -0.39 is 6.09 Å². The van der Waals surface area contributed by atoms with E-state index in [9.17, 15) is 14.0 Å². The Balaban J connectivity index is 1.60. The smallest absolute Gasteiger partial charge is 0.410 e. The summed E-state index contributed by atoms with van der Waals surface area (Å²) in [5.41, 5.74) is 0.765. The molecule has 6 heteroatoms. The molecule has 5 nitrogen and oxygen atoms in total. The molecule has 0 N–H and O–H groups in total. The van der Waals surface area contributed by atoms with Crippen molar-refractivity contribution in [2.24, 2.45) is 0 Å². The molecule has 0 aliphatic carbocycles. The number of amides is 1. The van der Waals surface area contributed by atoms with E-state index in [0.29, 0.717) is 43.2 Å². The molecule has 1 amide bonds. The van der Waals surface area contributed by atoms with Gasteiger partial charge in [-0.05, 0) is 42.5 Å². The molecule has 1 fully saturated rings. The van der Waals surface area contributed by atoms with Gasteiger partial charge in [0.1, 0.15) is 11.6 Å². The first-order valence-corrected chi connectivity index (χ1v) is 8.25. The fourth-order valence-corrected chi connectivity index (χ4v) is 2.47. The Morgan fingerprint density at radius 2 is 1.73 bits per heavy atom. The van der Waals surface area contributed by atoms with Crippen LogP contribution in [0.2, 0.25) is 0 Å². The minimum Gasteiger partial charge on any atom is -0.410 e. The van der Waals surface area contributed by atoms with Crippen molar-refractivity contribution in [3.05, 3.63) is 71.6 Å². The van der Waals surface area contributed by atoms with Crippen molar-refractivity contribution in [1.82, 2.24) is 4.90 Å². The van der Waals surface area contributed by atoms with Crippen LogP contribution < -0.4 is 4.74 Å². The van der Waals surface area contributed by atoms with Gasteiger partial charge >= 0.3 is 6.09 Å². The molecule has 1 aliphatic heterocycles. The van der Waals surface area contributed by atoms with Crippen LogP contribution in [0.15, 0.2) is 54.6 Å². The maximum Gasteiger partial charge on any atom is 0.415 e. The Morgan fingerprint density at radius 1 is 1.04 bits per heavy atom. The van der Waals surface area contributed by atoms with Crippen LogP contribution in [0, 0.1) is 5.82 Å². The Kier molecular flexibility index (Phi) is 5.76. The standard InChI is InChI=1S/C20H18FNO4/c21-18-4-2-1-3-15(18)7-10-19(23)16-5-8-17(9-6-16)26-20(24)22-11-13-25-14-12-22/h1-10H,11-14H2/b10-7+. The van der Waals surface area contributed by atoms with E-state index in [0.717, 1.165) is 0 Å². The van der Waals surface area contributed by atoms with Crippen LogP contribution in [-0.2, 0) is 4.74 Å². The van der Waals surface area contributed by atoms with Crippen LogP contribution in [-0.4, -0.2) is 43.1 Å². The van der Waals surface area contributed by atoms with Gasteiger partial charge in [-0.1, -0.05) is 18.2 Å². The van der Waals surface area contributed by atoms with Crippen molar-refractivity contribution in [3.8, 4) is 5.75 Å². The van der Waals surface area contributed by atoms with E-state index >= 15 is 0 Å².